The van der Waals surface area contributed by atoms with Crippen molar-refractivity contribution in [3.05, 3.63) is 53.9 Å². The largest absolute Gasteiger partial charge is 0.379 e. The van der Waals surface area contributed by atoms with E-state index in [0.717, 1.165) is 126 Å². The standard InChI is InChI=1S/C13H19N.3C11H21N.C10H19NO.C10H19N.3C9H17N.2C8H15N.C7H12N2/c1-13(2,3)14-9-8-11-6-4-5-7-12(11)10-14;1-11(2,3)12-8-9-4-6-10(12)7-5-9;1-10(2)12-8-4-7-11(9-12)5-3-6-11;1-10(2)12-9-5-8-11(12)6-3-4-7-11;1-9(2)11-6-3-4-10(11)5-7-12-8-10;1-10(2,3)11-6-4-5-8-7-9(8)11;1-8(2)10-6-5-9(7-10)3-4-9;1-8(2)10-7-3-4-9(10)5-6-9;1-8(2)10-6-9(7-10)4-3-5-9;1-6(2)9-4-7-3-8(7)5-9;1-6(2)9-4-3-7-5-8(7)9;1-7(2,3)9-6-4-5-8-9/h4-7H,8-10H2,1-3H3;9-10H,4-8H2,1-3H3;2*10H,3-9H2,1-2H3;9H,3-8H2,1-2H3;8-9H,4-7H2,1-3H3;3*8H,3-7H2,1-2H3;2*6-8H,3-5H2,1-2H3;4-6H,1-3H3. The molecular weight excluding hydrogens is 1590 g/mol. The maximum atomic E-state index is 5.52. The van der Waals surface area contributed by atoms with Crippen molar-refractivity contribution in [2.75, 3.05) is 111 Å². The normalized spacial score (nSPS) is 31.0. The molecule has 7 unspecified atom stereocenters. The molecule has 2 aromatic rings. The van der Waals surface area contributed by atoms with Gasteiger partial charge in [-0.15, -0.1) is 0 Å². The monoisotopic (exact) mass is 1800 g/mol. The topological polar surface area (TPSA) is 62.7 Å². The third-order valence-corrected chi connectivity index (χ3v) is 36.9. The van der Waals surface area contributed by atoms with E-state index in [-0.39, 0.29) is 5.54 Å². The van der Waals surface area contributed by atoms with Crippen LogP contribution >= 0.6 is 0 Å². The van der Waals surface area contributed by atoms with Crippen molar-refractivity contribution in [2.24, 2.45) is 45.8 Å². The molecule has 24 rings (SSSR count). The van der Waals surface area contributed by atoms with E-state index in [2.05, 4.69) is 277 Å². The zero-order valence-electron chi connectivity index (χ0n) is 91.0. The van der Waals surface area contributed by atoms with Crippen molar-refractivity contribution < 1.29 is 4.74 Å². The van der Waals surface area contributed by atoms with Crippen LogP contribution in [0.25, 0.3) is 0 Å². The minimum atomic E-state index is 0.128. The fourth-order valence-corrected chi connectivity index (χ4v) is 27.5. The number of likely N-dealkylation sites (tertiary alicyclic amines) is 9. The van der Waals surface area contributed by atoms with Gasteiger partial charge in [0.05, 0.1) is 12.1 Å². The van der Waals surface area contributed by atoms with E-state index in [1.54, 1.807) is 6.20 Å². The molecule has 13 aliphatic heterocycles. The smallest absolute Gasteiger partial charge is 0.0651 e. The van der Waals surface area contributed by atoms with E-state index in [9.17, 15) is 0 Å². The molecule has 0 radical (unpaired) electrons. The van der Waals surface area contributed by atoms with Gasteiger partial charge in [-0.25, -0.2) is 0 Å². The van der Waals surface area contributed by atoms with Crippen LogP contribution in [0.1, 0.15) is 423 Å². The molecule has 14 heterocycles. The number of fused-ring (bicyclic) bond motifs is 7. The first-order chi connectivity index (χ1) is 61.3. The summed E-state index contributed by atoms with van der Waals surface area (Å²) in [5.41, 5.74) is 8.54. The Morgan fingerprint density at radius 2 is 0.831 bits per heavy atom. The number of nitrogens with zero attached hydrogens (tertiary/aromatic N) is 13. The summed E-state index contributed by atoms with van der Waals surface area (Å²) in [4.78, 5) is 29.2. The number of ether oxygens (including phenoxy) is 1. The number of hydrogen-bond donors (Lipinski definition) is 0. The lowest BCUT2D eigenvalue weighted by Crippen LogP contribution is -2.61. The van der Waals surface area contributed by atoms with Crippen LogP contribution in [0, 0.1) is 45.8 Å². The van der Waals surface area contributed by atoms with Gasteiger partial charge in [-0.2, -0.15) is 5.10 Å². The summed E-state index contributed by atoms with van der Waals surface area (Å²) >= 11 is 0. The number of benzene rings is 1. The van der Waals surface area contributed by atoms with Crippen LogP contribution in [-0.4, -0.2) is 275 Å². The van der Waals surface area contributed by atoms with Gasteiger partial charge in [-0.1, -0.05) is 49.9 Å². The Kier molecular flexibility index (Phi) is 37.5. The highest BCUT2D eigenvalue weighted by atomic mass is 16.5. The molecule has 9 aliphatic carbocycles. The minimum absolute atomic E-state index is 0.128. The summed E-state index contributed by atoms with van der Waals surface area (Å²) in [6.07, 6.45) is 54.9. The van der Waals surface area contributed by atoms with Crippen LogP contribution in [0.3, 0.4) is 0 Å². The minimum Gasteiger partial charge on any atom is -0.379 e. The summed E-state index contributed by atoms with van der Waals surface area (Å²) in [5, 5.41) is 4.10. The number of hydrogen-bond acceptors (Lipinski definition) is 13. The fourth-order valence-electron chi connectivity index (χ4n) is 27.5. The Balaban J connectivity index is 0.000000129. The van der Waals surface area contributed by atoms with Crippen molar-refractivity contribution in [1.82, 2.24) is 63.7 Å². The third kappa shape index (κ3) is 29.1. The van der Waals surface area contributed by atoms with Crippen molar-refractivity contribution in [1.29, 1.82) is 0 Å². The highest BCUT2D eigenvalue weighted by Crippen LogP contribution is 2.55. The van der Waals surface area contributed by atoms with E-state index < -0.39 is 0 Å². The summed E-state index contributed by atoms with van der Waals surface area (Å²) in [6.45, 7) is 87.8. The second-order valence-electron chi connectivity index (χ2n) is 53.3. The highest BCUT2D eigenvalue weighted by Gasteiger charge is 2.54. The Morgan fingerprint density at radius 1 is 0.346 bits per heavy atom. The summed E-state index contributed by atoms with van der Waals surface area (Å²) in [5.74, 6) is 5.41. The average molecular weight is 1810 g/mol. The summed E-state index contributed by atoms with van der Waals surface area (Å²) < 4.78 is 7.46. The van der Waals surface area contributed by atoms with Crippen molar-refractivity contribution >= 4 is 0 Å². The summed E-state index contributed by atoms with van der Waals surface area (Å²) in [6, 6.07) is 19.8. The van der Waals surface area contributed by atoms with Crippen LogP contribution in [0.5, 0.6) is 0 Å². The van der Waals surface area contributed by atoms with E-state index in [1.165, 1.54) is 334 Å². The van der Waals surface area contributed by atoms with E-state index in [0.29, 0.717) is 39.3 Å². The van der Waals surface area contributed by atoms with Crippen LogP contribution < -0.4 is 0 Å². The van der Waals surface area contributed by atoms with E-state index in [4.69, 9.17) is 4.74 Å². The van der Waals surface area contributed by atoms with Crippen LogP contribution in [-0.2, 0) is 23.2 Å². The molecule has 1 aromatic heterocycles. The van der Waals surface area contributed by atoms with Crippen LogP contribution in [0.15, 0.2) is 42.7 Å². The molecular formula is C116H213N13O. The molecule has 748 valence electrons. The van der Waals surface area contributed by atoms with Crippen LogP contribution in [0.4, 0.5) is 0 Å². The van der Waals surface area contributed by atoms with Gasteiger partial charge in [-0.05, 0) is 502 Å². The predicted octanol–water partition coefficient (Wildman–Crippen LogP) is 25.1. The lowest BCUT2D eigenvalue weighted by molar-refractivity contribution is -0.0758. The van der Waals surface area contributed by atoms with Crippen molar-refractivity contribution in [3.63, 3.8) is 0 Å². The van der Waals surface area contributed by atoms with E-state index in [1.807, 2.05) is 16.9 Å². The zero-order chi connectivity index (χ0) is 94.2. The first-order valence-corrected chi connectivity index (χ1v) is 56.2. The van der Waals surface area contributed by atoms with Gasteiger partial charge < -0.3 is 19.4 Å². The predicted molar refractivity (Wildman–Crippen MR) is 557 cm³/mol. The molecule has 7 atom stereocenters. The molecule has 6 spiro atoms. The Labute approximate surface area is 805 Å². The quantitative estimate of drug-likeness (QED) is 0.252. The second kappa shape index (κ2) is 45.7. The molecule has 0 amide bonds. The molecule has 12 saturated heterocycles. The van der Waals surface area contributed by atoms with Gasteiger partial charge in [0.25, 0.3) is 0 Å². The number of rotatable bonds is 8. The molecule has 21 fully saturated rings. The molecule has 2 bridgehead atoms. The molecule has 0 N–H and O–H groups in total. The van der Waals surface area contributed by atoms with Crippen molar-refractivity contribution in [3.8, 4) is 0 Å². The Bertz CT molecular complexity index is 3520. The third-order valence-electron chi connectivity index (χ3n) is 36.9. The lowest BCUT2D eigenvalue weighted by atomic mass is 9.63. The van der Waals surface area contributed by atoms with Gasteiger partial charge in [0.2, 0.25) is 0 Å². The second-order valence-corrected chi connectivity index (χ2v) is 53.3. The van der Waals surface area contributed by atoms with E-state index >= 15 is 0 Å². The van der Waals surface area contributed by atoms with Crippen LogP contribution in [0.2, 0.25) is 0 Å². The number of piperidine rings is 6. The highest BCUT2D eigenvalue weighted by molar-refractivity contribution is 5.29. The van der Waals surface area contributed by atoms with Gasteiger partial charge in [0, 0.05) is 178 Å². The molecule has 130 heavy (non-hydrogen) atoms. The Hall–Kier alpha value is -2.05. The first kappa shape index (κ1) is 107. The van der Waals surface area contributed by atoms with Gasteiger partial charge in [0.15, 0.2) is 0 Å². The molecule has 9 saturated carbocycles. The van der Waals surface area contributed by atoms with Gasteiger partial charge in [0.1, 0.15) is 0 Å². The molecule has 22 aliphatic rings. The number of aromatic nitrogens is 2. The SMILES string of the molecule is CC(C)(C)N1CC2CCC1CC2.CC(C)(C)N1CCCC2CC21.CC(C)(C)N1CCc2ccccc2C1.CC(C)(C)n1cccn1.CC(C)N1CC2(CCC2)C1.CC(C)N1CC2CC2C1.CC(C)N1CCC2(CC2)C1.CC(C)N1CCC2CC21.CC(C)N1CCCC12CC2.CC(C)N1CCCC12CCCC2.CC(C)N1CCCC12CCOC2.CC(C)N1CCCC2(CCC2)C1. The zero-order valence-corrected chi connectivity index (χ0v) is 91.0. The Morgan fingerprint density at radius 3 is 1.20 bits per heavy atom. The maximum Gasteiger partial charge on any atom is 0.0651 e. The first-order valence-electron chi connectivity index (χ1n) is 56.2. The maximum absolute atomic E-state index is 5.52. The molecule has 1 aromatic carbocycles. The van der Waals surface area contributed by atoms with Gasteiger partial charge in [-0.3, -0.25) is 43.9 Å². The lowest BCUT2D eigenvalue weighted by Gasteiger charge is -2.57. The fraction of sp³-hybridized carbons (Fsp3) is 0.922. The molecule has 14 heteroatoms. The summed E-state index contributed by atoms with van der Waals surface area (Å²) in [7, 11) is 0. The van der Waals surface area contributed by atoms with Crippen molar-refractivity contribution in [2.45, 2.75) is 530 Å². The average Bonchev–Trinajstić information content (AvgIpc) is 1.62. The molecule has 14 nitrogen and oxygen atoms in total. The van der Waals surface area contributed by atoms with Gasteiger partial charge >= 0.3 is 0 Å².